The van der Waals surface area contributed by atoms with Gasteiger partial charge in [0.2, 0.25) is 11.8 Å². The van der Waals surface area contributed by atoms with Gasteiger partial charge in [0.15, 0.2) is 15.6 Å². The van der Waals surface area contributed by atoms with Crippen molar-refractivity contribution in [3.8, 4) is 17.0 Å². The second-order valence-corrected chi connectivity index (χ2v) is 18.4. The van der Waals surface area contributed by atoms with Crippen LogP contribution < -0.4 is 10.1 Å². The Hall–Kier alpha value is -3.58. The van der Waals surface area contributed by atoms with E-state index in [0.717, 1.165) is 36.9 Å². The first-order chi connectivity index (χ1) is 23.7. The Labute approximate surface area is 298 Å². The van der Waals surface area contributed by atoms with Gasteiger partial charge in [-0.15, -0.1) is 6.58 Å². The minimum absolute atomic E-state index is 0.0686. The van der Waals surface area contributed by atoms with Gasteiger partial charge in [-0.05, 0) is 67.9 Å². The molecule has 2 amide bonds. The maximum absolute atomic E-state index is 14.5. The molecule has 3 heterocycles. The fourth-order valence-corrected chi connectivity index (χ4v) is 9.62. The number of carbonyl (C=O) groups excluding carboxylic acids is 4. The van der Waals surface area contributed by atoms with E-state index in [-0.39, 0.29) is 37.8 Å². The molecule has 1 N–H and O–H groups in total. The molecular weight excluding hydrogens is 679 g/mol. The molecule has 1 aliphatic heterocycles. The summed E-state index contributed by atoms with van der Waals surface area (Å²) < 4.78 is 37.7. The van der Waals surface area contributed by atoms with E-state index in [4.69, 9.17) is 9.47 Å². The molecule has 6 rings (SSSR count). The summed E-state index contributed by atoms with van der Waals surface area (Å²) in [5.74, 6) is -3.29. The number of Topliss-reactive ketones (excluding diaryl/α,β-unsaturated/α-hetero) is 1. The summed E-state index contributed by atoms with van der Waals surface area (Å²) in [7, 11) is -3.62. The Bertz CT molecular complexity index is 1730. The van der Waals surface area contributed by atoms with Gasteiger partial charge < -0.3 is 19.7 Å². The van der Waals surface area contributed by atoms with Crippen LogP contribution in [0, 0.1) is 17.3 Å². The summed E-state index contributed by atoms with van der Waals surface area (Å²) in [6.45, 7) is 9.52. The van der Waals surface area contributed by atoms with E-state index >= 15 is 0 Å². The van der Waals surface area contributed by atoms with Crippen molar-refractivity contribution in [1.29, 1.82) is 0 Å². The summed E-state index contributed by atoms with van der Waals surface area (Å²) in [6, 6.07) is 4.46. The van der Waals surface area contributed by atoms with Crippen LogP contribution in [0.15, 0.2) is 47.8 Å². The van der Waals surface area contributed by atoms with E-state index in [1.807, 2.05) is 43.7 Å². The lowest BCUT2D eigenvalue weighted by molar-refractivity contribution is -0.156. The molecule has 5 atom stereocenters. The van der Waals surface area contributed by atoms with Crippen molar-refractivity contribution in [1.82, 2.24) is 15.2 Å². The van der Waals surface area contributed by atoms with Crippen LogP contribution in [0.25, 0.3) is 11.3 Å². The molecule has 13 heteroatoms. The van der Waals surface area contributed by atoms with Crippen molar-refractivity contribution in [2.75, 3.05) is 12.3 Å². The van der Waals surface area contributed by atoms with Crippen molar-refractivity contribution >= 4 is 44.7 Å². The number of esters is 1. The van der Waals surface area contributed by atoms with Gasteiger partial charge in [-0.25, -0.2) is 8.42 Å². The molecule has 0 radical (unpaired) electrons. The van der Waals surface area contributed by atoms with Crippen LogP contribution in [-0.4, -0.2) is 83.2 Å². The van der Waals surface area contributed by atoms with Crippen molar-refractivity contribution in [2.45, 2.75) is 108 Å². The fourth-order valence-electron chi connectivity index (χ4n) is 7.26. The highest BCUT2D eigenvalue weighted by Gasteiger charge is 2.61. The Balaban J connectivity index is 1.24. The smallest absolute Gasteiger partial charge is 0.306 e. The number of carbonyl (C=O) groups is 4. The number of ether oxygens (including phenoxy) is 2. The lowest BCUT2D eigenvalue weighted by Crippen LogP contribution is -2.55. The SMILES string of the molecule is C=C[C@@H]1C[C@]1(NC(=O)[C@@H]1C[C@@H](Oc2ccnc(-c3ccsc3)c2)CN1C(=O)[C@@H](CC(=O)OC1CCCC1)C(C)(C)C)C(=O)CS(=O)(=O)C1CC1. The third-order valence-corrected chi connectivity index (χ3v) is 13.4. The molecule has 3 aliphatic carbocycles. The Morgan fingerprint density at radius 3 is 2.50 bits per heavy atom. The second kappa shape index (κ2) is 14.2. The first-order valence-electron chi connectivity index (χ1n) is 17.5. The van der Waals surface area contributed by atoms with Crippen LogP contribution in [0.1, 0.15) is 78.6 Å². The number of pyridine rings is 1. The average Bonchev–Trinajstić information content (AvgIpc) is 3.81. The first kappa shape index (κ1) is 36.2. The van der Waals surface area contributed by atoms with E-state index in [9.17, 15) is 27.6 Å². The van der Waals surface area contributed by atoms with E-state index in [1.54, 1.807) is 29.7 Å². The third kappa shape index (κ3) is 7.98. The average molecular weight is 726 g/mol. The molecule has 2 aromatic rings. The fraction of sp³-hybridized carbons (Fsp3) is 0.595. The standard InChI is InChI=1S/C37H47N3O8S2/c1-5-24-19-37(24,32(41)22-50(45,46)28-10-11-28)39-34(43)31-17-27(47-26-12-14-38-30(16-26)23-13-15-49-21-23)20-40(31)35(44)29(36(2,3)4)18-33(42)48-25-8-6-7-9-25/h5,12-16,21,24-25,27-29,31H,1,6-11,17-20,22H2,2-4H3,(H,39,43)/t24-,27-,29-,31+,37-/m1/s1. The lowest BCUT2D eigenvalue weighted by Gasteiger charge is -2.35. The largest absolute Gasteiger partial charge is 0.488 e. The summed E-state index contributed by atoms with van der Waals surface area (Å²) in [6.07, 6.45) is 7.40. The van der Waals surface area contributed by atoms with E-state index in [1.165, 1.54) is 4.90 Å². The van der Waals surface area contributed by atoms with Gasteiger partial charge in [0.05, 0.1) is 29.8 Å². The highest BCUT2D eigenvalue weighted by Crippen LogP contribution is 2.46. The topological polar surface area (TPSA) is 149 Å². The van der Waals surface area contributed by atoms with Crippen LogP contribution in [0.5, 0.6) is 5.75 Å². The van der Waals surface area contributed by atoms with Crippen LogP contribution in [0.4, 0.5) is 0 Å². The molecule has 270 valence electrons. The maximum Gasteiger partial charge on any atom is 0.306 e. The lowest BCUT2D eigenvalue weighted by atomic mass is 9.77. The highest BCUT2D eigenvalue weighted by molar-refractivity contribution is 7.93. The number of hydrogen-bond donors (Lipinski definition) is 1. The van der Waals surface area contributed by atoms with Crippen LogP contribution in [-0.2, 0) is 33.8 Å². The van der Waals surface area contributed by atoms with E-state index < -0.39 is 73.4 Å². The number of hydrogen-bond acceptors (Lipinski definition) is 10. The second-order valence-electron chi connectivity index (χ2n) is 15.3. The number of sulfone groups is 1. The third-order valence-electron chi connectivity index (χ3n) is 10.5. The van der Waals surface area contributed by atoms with Crippen molar-refractivity contribution in [3.63, 3.8) is 0 Å². The summed E-state index contributed by atoms with van der Waals surface area (Å²) in [5, 5.41) is 6.31. The zero-order valence-corrected chi connectivity index (χ0v) is 30.6. The maximum atomic E-state index is 14.5. The summed E-state index contributed by atoms with van der Waals surface area (Å²) >= 11 is 1.55. The number of nitrogens with one attached hydrogen (secondary N) is 1. The Morgan fingerprint density at radius 2 is 1.88 bits per heavy atom. The molecule has 0 aromatic carbocycles. The number of ketones is 1. The molecule has 3 saturated carbocycles. The summed E-state index contributed by atoms with van der Waals surface area (Å²) in [4.78, 5) is 61.3. The minimum Gasteiger partial charge on any atom is -0.488 e. The number of aromatic nitrogens is 1. The van der Waals surface area contributed by atoms with Crippen molar-refractivity contribution in [3.05, 3.63) is 47.8 Å². The van der Waals surface area contributed by atoms with Crippen molar-refractivity contribution < 1.29 is 37.1 Å². The zero-order chi connectivity index (χ0) is 35.8. The molecule has 4 aliphatic rings. The predicted octanol–water partition coefficient (Wildman–Crippen LogP) is 4.90. The predicted molar refractivity (Wildman–Crippen MR) is 189 cm³/mol. The quantitative estimate of drug-likeness (QED) is 0.212. The van der Waals surface area contributed by atoms with Gasteiger partial charge in [0.25, 0.3) is 0 Å². The number of rotatable bonds is 14. The number of thiophene rings is 1. The molecule has 0 bridgehead atoms. The van der Waals surface area contributed by atoms with Crippen LogP contribution >= 0.6 is 11.3 Å². The molecule has 1 saturated heterocycles. The molecule has 0 spiro atoms. The molecule has 4 fully saturated rings. The minimum atomic E-state index is -3.62. The molecule has 11 nitrogen and oxygen atoms in total. The normalized spacial score (nSPS) is 25.9. The van der Waals surface area contributed by atoms with Crippen LogP contribution in [0.3, 0.4) is 0 Å². The van der Waals surface area contributed by atoms with E-state index in [0.29, 0.717) is 18.6 Å². The van der Waals surface area contributed by atoms with E-state index in [2.05, 4.69) is 16.9 Å². The molecule has 50 heavy (non-hydrogen) atoms. The molecular formula is C37H47N3O8S2. The number of likely N-dealkylation sites (tertiary alicyclic amines) is 1. The number of amides is 2. The molecule has 2 aromatic heterocycles. The van der Waals surface area contributed by atoms with Gasteiger partial charge >= 0.3 is 5.97 Å². The molecule has 0 unspecified atom stereocenters. The van der Waals surface area contributed by atoms with Gasteiger partial charge in [-0.2, -0.15) is 11.3 Å². The monoisotopic (exact) mass is 725 g/mol. The van der Waals surface area contributed by atoms with Gasteiger partial charge in [-0.3, -0.25) is 24.2 Å². The van der Waals surface area contributed by atoms with Gasteiger partial charge in [-0.1, -0.05) is 26.8 Å². The zero-order valence-electron chi connectivity index (χ0n) is 29.0. The van der Waals surface area contributed by atoms with Crippen molar-refractivity contribution in [2.24, 2.45) is 17.3 Å². The van der Waals surface area contributed by atoms with Crippen LogP contribution in [0.2, 0.25) is 0 Å². The van der Waals surface area contributed by atoms with Gasteiger partial charge in [0.1, 0.15) is 35.3 Å². The summed E-state index contributed by atoms with van der Waals surface area (Å²) in [5.41, 5.74) is -0.379. The highest BCUT2D eigenvalue weighted by atomic mass is 32.2. The first-order valence-corrected chi connectivity index (χ1v) is 20.2. The van der Waals surface area contributed by atoms with Gasteiger partial charge in [0, 0.05) is 35.5 Å². The Kier molecular flexibility index (Phi) is 10.3. The Morgan fingerprint density at radius 1 is 1.14 bits per heavy atom. The number of nitrogens with zero attached hydrogens (tertiary/aromatic N) is 2.